The molecule has 0 bridgehead atoms. The number of carbonyl (C=O) groups is 1. The summed E-state index contributed by atoms with van der Waals surface area (Å²) >= 11 is 1.45. The fraction of sp³-hybridized carbons (Fsp3) is 0.429. The minimum absolute atomic E-state index is 0.0211. The molecule has 1 saturated heterocycles. The van der Waals surface area contributed by atoms with Crippen molar-refractivity contribution in [1.29, 1.82) is 0 Å². The highest BCUT2D eigenvalue weighted by atomic mass is 32.1. The number of rotatable bonds is 4. The summed E-state index contributed by atoms with van der Waals surface area (Å²) in [7, 11) is 1.62. The fourth-order valence-electron chi connectivity index (χ4n) is 2.32. The van der Waals surface area contributed by atoms with E-state index in [1.165, 1.54) is 11.3 Å². The highest BCUT2D eigenvalue weighted by Gasteiger charge is 2.24. The average molecular weight is 319 g/mol. The van der Waals surface area contributed by atoms with Crippen LogP contribution in [-0.4, -0.2) is 59.0 Å². The Bertz CT molecular complexity index is 625. The number of hydrogen-bond acceptors (Lipinski definition) is 7. The van der Waals surface area contributed by atoms with E-state index < -0.39 is 0 Å². The van der Waals surface area contributed by atoms with Crippen molar-refractivity contribution in [2.75, 3.05) is 38.2 Å². The second kappa shape index (κ2) is 6.80. The van der Waals surface area contributed by atoms with Crippen LogP contribution >= 0.6 is 11.3 Å². The van der Waals surface area contributed by atoms with Crippen molar-refractivity contribution in [3.8, 4) is 0 Å². The van der Waals surface area contributed by atoms with E-state index in [1.807, 2.05) is 4.90 Å². The normalized spacial score (nSPS) is 15.1. The van der Waals surface area contributed by atoms with Gasteiger partial charge in [0.25, 0.3) is 5.91 Å². The summed E-state index contributed by atoms with van der Waals surface area (Å²) in [6.07, 6.45) is 3.46. The Labute approximate surface area is 132 Å². The van der Waals surface area contributed by atoms with Gasteiger partial charge < -0.3 is 14.5 Å². The number of carbonyl (C=O) groups excluding carboxylic acids is 1. The predicted octanol–water partition coefficient (Wildman–Crippen LogP) is 1.04. The van der Waals surface area contributed by atoms with Crippen LogP contribution in [0.3, 0.4) is 0 Å². The Kier molecular flexibility index (Phi) is 4.59. The molecule has 8 heteroatoms. The lowest BCUT2D eigenvalue weighted by Gasteiger charge is -2.34. The van der Waals surface area contributed by atoms with Crippen LogP contribution in [0.2, 0.25) is 0 Å². The molecule has 1 aliphatic heterocycles. The molecular formula is C14H17N5O2S. The van der Waals surface area contributed by atoms with Crippen LogP contribution < -0.4 is 4.90 Å². The lowest BCUT2D eigenvalue weighted by atomic mass is 10.3. The largest absolute Gasteiger partial charge is 0.378 e. The first-order chi connectivity index (χ1) is 10.8. The van der Waals surface area contributed by atoms with Crippen molar-refractivity contribution in [2.45, 2.75) is 6.61 Å². The van der Waals surface area contributed by atoms with Gasteiger partial charge in [0.15, 0.2) is 0 Å². The molecule has 3 rings (SSSR count). The number of ether oxygens (including phenoxy) is 1. The summed E-state index contributed by atoms with van der Waals surface area (Å²) in [5.41, 5.74) is 0.501. The maximum atomic E-state index is 12.4. The third-order valence-electron chi connectivity index (χ3n) is 3.44. The van der Waals surface area contributed by atoms with Gasteiger partial charge >= 0.3 is 0 Å². The second-order valence-corrected chi connectivity index (χ2v) is 5.83. The quantitative estimate of drug-likeness (QED) is 0.838. The molecule has 7 nitrogen and oxygen atoms in total. The molecule has 0 unspecified atom stereocenters. The third kappa shape index (κ3) is 3.23. The van der Waals surface area contributed by atoms with Crippen LogP contribution in [-0.2, 0) is 11.3 Å². The first kappa shape index (κ1) is 14.9. The minimum atomic E-state index is -0.0211. The van der Waals surface area contributed by atoms with Crippen LogP contribution in [0.25, 0.3) is 0 Å². The number of hydrogen-bond donors (Lipinski definition) is 0. The van der Waals surface area contributed by atoms with Crippen molar-refractivity contribution in [2.24, 2.45) is 0 Å². The molecule has 116 valence electrons. The van der Waals surface area contributed by atoms with Gasteiger partial charge in [0.1, 0.15) is 10.7 Å². The number of amides is 1. The summed E-state index contributed by atoms with van der Waals surface area (Å²) in [6, 6.07) is 1.79. The van der Waals surface area contributed by atoms with Gasteiger partial charge in [-0.3, -0.25) is 4.79 Å². The predicted molar refractivity (Wildman–Crippen MR) is 83.0 cm³/mol. The second-order valence-electron chi connectivity index (χ2n) is 4.89. The van der Waals surface area contributed by atoms with E-state index >= 15 is 0 Å². The fourth-order valence-corrected chi connectivity index (χ4v) is 3.06. The van der Waals surface area contributed by atoms with E-state index in [0.29, 0.717) is 31.3 Å². The van der Waals surface area contributed by atoms with E-state index in [4.69, 9.17) is 4.74 Å². The van der Waals surface area contributed by atoms with Gasteiger partial charge in [-0.15, -0.1) is 11.3 Å². The lowest BCUT2D eigenvalue weighted by Crippen LogP contribution is -2.49. The number of piperazine rings is 1. The maximum Gasteiger partial charge on any atom is 0.273 e. The number of nitrogens with zero attached hydrogens (tertiary/aromatic N) is 5. The Hall–Kier alpha value is -2.06. The van der Waals surface area contributed by atoms with Crippen LogP contribution in [0.1, 0.15) is 15.5 Å². The molecular weight excluding hydrogens is 302 g/mol. The lowest BCUT2D eigenvalue weighted by molar-refractivity contribution is 0.0740. The van der Waals surface area contributed by atoms with Crippen molar-refractivity contribution in [1.82, 2.24) is 19.9 Å². The summed E-state index contributed by atoms with van der Waals surface area (Å²) < 4.78 is 5.03. The molecule has 3 heterocycles. The van der Waals surface area contributed by atoms with Gasteiger partial charge in [-0.05, 0) is 6.07 Å². The average Bonchev–Trinajstić information content (AvgIpc) is 3.04. The van der Waals surface area contributed by atoms with Gasteiger partial charge in [0.05, 0.1) is 6.61 Å². The molecule has 0 radical (unpaired) electrons. The highest BCUT2D eigenvalue weighted by Crippen LogP contribution is 2.15. The molecule has 1 aliphatic rings. The molecule has 2 aromatic heterocycles. The molecule has 0 aromatic carbocycles. The molecule has 0 saturated carbocycles. The van der Waals surface area contributed by atoms with Crippen LogP contribution in [0.5, 0.6) is 0 Å². The SMILES string of the molecule is COCc1nc(C(=O)N2CCN(c3ncccn3)CC2)cs1. The Morgan fingerprint density at radius 3 is 2.68 bits per heavy atom. The molecule has 0 N–H and O–H groups in total. The summed E-state index contributed by atoms with van der Waals surface area (Å²) in [4.78, 5) is 29.1. The smallest absolute Gasteiger partial charge is 0.273 e. The topological polar surface area (TPSA) is 71.5 Å². The Balaban J connectivity index is 1.59. The standard InChI is InChI=1S/C14H17N5O2S/c1-21-9-12-17-11(10-22-12)13(20)18-5-7-19(8-6-18)14-15-3-2-4-16-14/h2-4,10H,5-9H2,1H3. The maximum absolute atomic E-state index is 12.4. The van der Waals surface area contributed by atoms with E-state index in [9.17, 15) is 4.79 Å². The van der Waals surface area contributed by atoms with Crippen molar-refractivity contribution >= 4 is 23.2 Å². The monoisotopic (exact) mass is 319 g/mol. The summed E-state index contributed by atoms with van der Waals surface area (Å²) in [5.74, 6) is 0.692. The molecule has 1 amide bonds. The zero-order chi connectivity index (χ0) is 15.4. The molecule has 2 aromatic rings. The zero-order valence-electron chi connectivity index (χ0n) is 12.3. The number of methoxy groups -OCH3 is 1. The Morgan fingerprint density at radius 1 is 1.27 bits per heavy atom. The zero-order valence-corrected chi connectivity index (χ0v) is 13.1. The van der Waals surface area contributed by atoms with Crippen LogP contribution in [0.15, 0.2) is 23.8 Å². The number of anilines is 1. The van der Waals surface area contributed by atoms with Gasteiger partial charge in [0, 0.05) is 51.1 Å². The van der Waals surface area contributed by atoms with E-state index in [-0.39, 0.29) is 5.91 Å². The molecule has 0 atom stereocenters. The molecule has 0 aliphatic carbocycles. The van der Waals surface area contributed by atoms with Crippen molar-refractivity contribution < 1.29 is 9.53 Å². The van der Waals surface area contributed by atoms with E-state index in [0.717, 1.165) is 18.1 Å². The van der Waals surface area contributed by atoms with Gasteiger partial charge in [-0.2, -0.15) is 0 Å². The highest BCUT2D eigenvalue weighted by molar-refractivity contribution is 7.09. The number of thiazole rings is 1. The summed E-state index contributed by atoms with van der Waals surface area (Å²) in [6.45, 7) is 3.19. The first-order valence-corrected chi connectivity index (χ1v) is 7.90. The molecule has 0 spiro atoms. The Morgan fingerprint density at radius 2 is 2.00 bits per heavy atom. The molecule has 1 fully saturated rings. The third-order valence-corrected chi connectivity index (χ3v) is 4.26. The van der Waals surface area contributed by atoms with Crippen LogP contribution in [0, 0.1) is 0 Å². The van der Waals surface area contributed by atoms with Gasteiger partial charge in [-0.1, -0.05) is 0 Å². The van der Waals surface area contributed by atoms with Crippen molar-refractivity contribution in [3.05, 3.63) is 34.5 Å². The van der Waals surface area contributed by atoms with Gasteiger partial charge in [-0.25, -0.2) is 15.0 Å². The minimum Gasteiger partial charge on any atom is -0.378 e. The van der Waals surface area contributed by atoms with E-state index in [1.54, 1.807) is 30.9 Å². The van der Waals surface area contributed by atoms with Crippen LogP contribution in [0.4, 0.5) is 5.95 Å². The molecule has 22 heavy (non-hydrogen) atoms. The van der Waals surface area contributed by atoms with E-state index in [2.05, 4.69) is 19.9 Å². The van der Waals surface area contributed by atoms with Crippen molar-refractivity contribution in [3.63, 3.8) is 0 Å². The van der Waals surface area contributed by atoms with Gasteiger partial charge in [0.2, 0.25) is 5.95 Å². The number of aromatic nitrogens is 3. The summed E-state index contributed by atoms with van der Waals surface area (Å²) in [5, 5.41) is 2.62. The first-order valence-electron chi connectivity index (χ1n) is 7.02.